The van der Waals surface area contributed by atoms with Crippen LogP contribution in [0.15, 0.2) is 54.6 Å². The summed E-state index contributed by atoms with van der Waals surface area (Å²) in [7, 11) is 0. The van der Waals surface area contributed by atoms with Crippen molar-refractivity contribution < 1.29 is 32.3 Å². The van der Waals surface area contributed by atoms with Gasteiger partial charge in [-0.05, 0) is 55.9 Å². The topological polar surface area (TPSA) is 90.0 Å². The van der Waals surface area contributed by atoms with Crippen molar-refractivity contribution in [3.8, 4) is 0 Å². The minimum Gasteiger partial charge on any atom is -0.352 e. The van der Waals surface area contributed by atoms with Gasteiger partial charge in [-0.1, -0.05) is 60.5 Å². The van der Waals surface area contributed by atoms with E-state index in [2.05, 4.69) is 5.32 Å². The third kappa shape index (κ3) is 9.45. The summed E-state index contributed by atoms with van der Waals surface area (Å²) in [6.07, 6.45) is -3.62. The standard InChI is InChI=1S/C32H38ClF3N4O4/c1-22(24-9-3-2-4-10-24)40-21-30(43)39(18-23-8-5-12-26(33)16-23)20-29(42)38(15-7-14-32(34,35)36)19-28(41)37-27-13-6-11-25(17-27)31(40)44/h2-5,8-10,12,16,22,25,27H,6-7,11,13-15,17-21H2,1H3,(H,37,41)/t22-,25+,27+/m0/s1. The number of carbonyl (C=O) groups is 4. The summed E-state index contributed by atoms with van der Waals surface area (Å²) in [5, 5.41) is 3.33. The second-order valence-corrected chi connectivity index (χ2v) is 12.0. The van der Waals surface area contributed by atoms with Crippen molar-refractivity contribution in [3.63, 3.8) is 0 Å². The van der Waals surface area contributed by atoms with Crippen molar-refractivity contribution >= 4 is 35.2 Å². The van der Waals surface area contributed by atoms with Gasteiger partial charge in [-0.3, -0.25) is 19.2 Å². The van der Waals surface area contributed by atoms with Gasteiger partial charge >= 0.3 is 6.18 Å². The zero-order valence-corrected chi connectivity index (χ0v) is 25.4. The van der Waals surface area contributed by atoms with E-state index in [0.717, 1.165) is 10.5 Å². The van der Waals surface area contributed by atoms with Crippen LogP contribution >= 0.6 is 11.6 Å². The van der Waals surface area contributed by atoms with Gasteiger partial charge in [0.15, 0.2) is 0 Å². The number of rotatable bonds is 7. The van der Waals surface area contributed by atoms with E-state index >= 15 is 0 Å². The number of hydrogen-bond acceptors (Lipinski definition) is 4. The van der Waals surface area contributed by atoms with E-state index in [1.807, 2.05) is 37.3 Å². The Morgan fingerprint density at radius 3 is 2.36 bits per heavy atom. The molecule has 1 aliphatic heterocycles. The minimum absolute atomic E-state index is 0.0268. The molecule has 3 atom stereocenters. The molecular formula is C32H38ClF3N4O4. The lowest BCUT2D eigenvalue weighted by Crippen LogP contribution is -2.53. The quantitative estimate of drug-likeness (QED) is 0.458. The van der Waals surface area contributed by atoms with Crippen LogP contribution in [0.2, 0.25) is 5.02 Å². The van der Waals surface area contributed by atoms with Crippen LogP contribution in [0.5, 0.6) is 0 Å². The second-order valence-electron chi connectivity index (χ2n) is 11.6. The predicted octanol–water partition coefficient (Wildman–Crippen LogP) is 5.12. The maximum absolute atomic E-state index is 14.1. The van der Waals surface area contributed by atoms with E-state index in [4.69, 9.17) is 11.6 Å². The van der Waals surface area contributed by atoms with E-state index in [-0.39, 0.29) is 38.0 Å². The average Bonchev–Trinajstić information content (AvgIpc) is 2.97. The number of halogens is 4. The molecule has 2 fully saturated rings. The first-order valence-corrected chi connectivity index (χ1v) is 15.3. The normalized spacial score (nSPS) is 21.6. The zero-order chi connectivity index (χ0) is 31.9. The lowest BCUT2D eigenvalue weighted by molar-refractivity contribution is -0.150. The fraction of sp³-hybridized carbons (Fsp3) is 0.500. The fourth-order valence-corrected chi connectivity index (χ4v) is 6.12. The summed E-state index contributed by atoms with van der Waals surface area (Å²) in [5.41, 5.74) is 1.47. The summed E-state index contributed by atoms with van der Waals surface area (Å²) in [6.45, 7) is 0.293. The van der Waals surface area contributed by atoms with E-state index in [9.17, 15) is 32.3 Å². The Bertz CT molecular complexity index is 1330. The molecule has 1 saturated carbocycles. The van der Waals surface area contributed by atoms with Gasteiger partial charge in [0.05, 0.1) is 12.6 Å². The van der Waals surface area contributed by atoms with E-state index in [1.54, 1.807) is 24.3 Å². The fourth-order valence-electron chi connectivity index (χ4n) is 5.90. The molecule has 2 aromatic carbocycles. The summed E-state index contributed by atoms with van der Waals surface area (Å²) < 4.78 is 38.8. The number of hydrogen-bond donors (Lipinski definition) is 1. The van der Waals surface area contributed by atoms with Gasteiger partial charge in [0.1, 0.15) is 13.1 Å². The van der Waals surface area contributed by atoms with Gasteiger partial charge < -0.3 is 20.0 Å². The lowest BCUT2D eigenvalue weighted by atomic mass is 9.84. The molecule has 0 aromatic heterocycles. The summed E-state index contributed by atoms with van der Waals surface area (Å²) in [4.78, 5) is 58.6. The van der Waals surface area contributed by atoms with Crippen molar-refractivity contribution in [2.75, 3.05) is 26.2 Å². The Hall–Kier alpha value is -3.60. The van der Waals surface area contributed by atoms with Gasteiger partial charge in [-0.2, -0.15) is 13.2 Å². The van der Waals surface area contributed by atoms with Gasteiger partial charge in [0.25, 0.3) is 0 Å². The molecular weight excluding hydrogens is 597 g/mol. The highest BCUT2D eigenvalue weighted by Crippen LogP contribution is 2.30. The first-order valence-electron chi connectivity index (χ1n) is 14.9. The Labute approximate surface area is 260 Å². The van der Waals surface area contributed by atoms with Crippen LogP contribution in [-0.2, 0) is 25.7 Å². The number of fused-ring (bicyclic) bond motifs is 2. The zero-order valence-electron chi connectivity index (χ0n) is 24.7. The molecule has 0 radical (unpaired) electrons. The van der Waals surface area contributed by atoms with Crippen molar-refractivity contribution in [2.24, 2.45) is 5.92 Å². The summed E-state index contributed by atoms with van der Waals surface area (Å²) in [5.74, 6) is -2.30. The molecule has 0 unspecified atom stereocenters. The van der Waals surface area contributed by atoms with E-state index < -0.39 is 55.4 Å². The first-order chi connectivity index (χ1) is 20.9. The smallest absolute Gasteiger partial charge is 0.352 e. The van der Waals surface area contributed by atoms with Crippen LogP contribution < -0.4 is 5.32 Å². The highest BCUT2D eigenvalue weighted by molar-refractivity contribution is 6.30. The van der Waals surface area contributed by atoms with Gasteiger partial charge in [-0.25, -0.2) is 0 Å². The van der Waals surface area contributed by atoms with Crippen LogP contribution in [0, 0.1) is 5.92 Å². The third-order valence-corrected chi connectivity index (χ3v) is 8.48. The molecule has 1 N–H and O–H groups in total. The highest BCUT2D eigenvalue weighted by Gasteiger charge is 2.36. The van der Waals surface area contributed by atoms with E-state index in [0.29, 0.717) is 36.3 Å². The largest absolute Gasteiger partial charge is 0.389 e. The average molecular weight is 635 g/mol. The molecule has 1 aliphatic carbocycles. The monoisotopic (exact) mass is 634 g/mol. The van der Waals surface area contributed by atoms with Crippen LogP contribution in [-0.4, -0.2) is 76.7 Å². The maximum Gasteiger partial charge on any atom is 0.389 e. The summed E-state index contributed by atoms with van der Waals surface area (Å²) >= 11 is 6.17. The van der Waals surface area contributed by atoms with Crippen molar-refractivity contribution in [3.05, 3.63) is 70.7 Å². The van der Waals surface area contributed by atoms with Crippen LogP contribution in [0.3, 0.4) is 0 Å². The maximum atomic E-state index is 14.1. The number of amides is 4. The molecule has 2 bridgehead atoms. The highest BCUT2D eigenvalue weighted by atomic mass is 35.5. The Morgan fingerprint density at radius 2 is 1.66 bits per heavy atom. The number of carbonyl (C=O) groups excluding carboxylic acids is 4. The first kappa shape index (κ1) is 33.3. The lowest BCUT2D eigenvalue weighted by Gasteiger charge is -2.38. The van der Waals surface area contributed by atoms with Gasteiger partial charge in [0, 0.05) is 36.5 Å². The molecule has 0 spiro atoms. The number of nitrogens with zero attached hydrogens (tertiary/aromatic N) is 3. The molecule has 2 aromatic rings. The van der Waals surface area contributed by atoms with Crippen molar-refractivity contribution in [2.45, 2.75) is 70.3 Å². The SMILES string of the molecule is C[C@@H](c1ccccc1)N1CC(=O)N(Cc2cccc(Cl)c2)CC(=O)N(CCCC(F)(F)F)CC(=O)N[C@@H]2CCC[C@H](C2)C1=O. The molecule has 4 rings (SSSR count). The molecule has 44 heavy (non-hydrogen) atoms. The van der Waals surface area contributed by atoms with Gasteiger partial charge in [-0.15, -0.1) is 0 Å². The van der Waals surface area contributed by atoms with Crippen LogP contribution in [0.1, 0.15) is 62.6 Å². The van der Waals surface area contributed by atoms with Crippen molar-refractivity contribution in [1.29, 1.82) is 0 Å². The molecule has 2 aliphatic rings. The molecule has 8 nitrogen and oxygen atoms in total. The van der Waals surface area contributed by atoms with Crippen molar-refractivity contribution in [1.82, 2.24) is 20.0 Å². The second kappa shape index (κ2) is 14.9. The minimum atomic E-state index is -4.41. The Kier molecular flexibility index (Phi) is 11.3. The summed E-state index contributed by atoms with van der Waals surface area (Å²) in [6, 6.07) is 15.3. The number of nitrogens with one attached hydrogen (secondary N) is 1. The predicted molar refractivity (Wildman–Crippen MR) is 159 cm³/mol. The Balaban J connectivity index is 1.69. The van der Waals surface area contributed by atoms with Crippen LogP contribution in [0.4, 0.5) is 13.2 Å². The third-order valence-electron chi connectivity index (χ3n) is 8.24. The molecule has 1 saturated heterocycles. The molecule has 4 amide bonds. The van der Waals surface area contributed by atoms with Crippen LogP contribution in [0.25, 0.3) is 0 Å². The van der Waals surface area contributed by atoms with E-state index in [1.165, 1.54) is 9.80 Å². The Morgan fingerprint density at radius 1 is 0.932 bits per heavy atom. The molecule has 12 heteroatoms. The molecule has 238 valence electrons. The number of alkyl halides is 3. The molecule has 1 heterocycles. The number of benzene rings is 2. The van der Waals surface area contributed by atoms with Gasteiger partial charge in [0.2, 0.25) is 23.6 Å².